The minimum atomic E-state index is -3.56. The van der Waals surface area contributed by atoms with Crippen LogP contribution in [0.15, 0.2) is 42.5 Å². The second kappa shape index (κ2) is 11.0. The first-order chi connectivity index (χ1) is 16.7. The van der Waals surface area contributed by atoms with Gasteiger partial charge >= 0.3 is 5.97 Å². The summed E-state index contributed by atoms with van der Waals surface area (Å²) in [7, 11) is -3.56. The van der Waals surface area contributed by atoms with Gasteiger partial charge in [-0.15, -0.1) is 0 Å². The van der Waals surface area contributed by atoms with Crippen LogP contribution in [0.5, 0.6) is 0 Å². The molecule has 4 atom stereocenters. The molecule has 0 radical (unpaired) electrons. The Morgan fingerprint density at radius 2 is 1.83 bits per heavy atom. The van der Waals surface area contributed by atoms with Gasteiger partial charge in [-0.05, 0) is 54.3 Å². The molecule has 1 aliphatic heterocycles. The number of halogens is 3. The molecule has 1 amide bonds. The van der Waals surface area contributed by atoms with E-state index in [1.54, 1.807) is 42.2 Å². The third kappa shape index (κ3) is 6.56. The van der Waals surface area contributed by atoms with Crippen molar-refractivity contribution in [3.05, 3.63) is 69.5 Å². The highest BCUT2D eigenvalue weighted by atomic mass is 35.5. The number of hydrogen-bond donors (Lipinski definition) is 2. The zero-order chi connectivity index (χ0) is 26.8. The SMILES string of the molecule is CC[C@@H](CNS(C)(=O)=O)N1C(=O)[C@@](C)(CC(=O)O)C[C@H](c2cc(F)cc(Cl)c2)[C@H]1c1ccc(Cl)cc1. The molecule has 2 aromatic carbocycles. The van der Waals surface area contributed by atoms with Crippen molar-refractivity contribution in [2.75, 3.05) is 12.8 Å². The minimum absolute atomic E-state index is 0.0645. The van der Waals surface area contributed by atoms with Gasteiger partial charge in [-0.3, -0.25) is 9.59 Å². The largest absolute Gasteiger partial charge is 0.481 e. The van der Waals surface area contributed by atoms with E-state index in [0.29, 0.717) is 22.6 Å². The molecule has 1 saturated heterocycles. The van der Waals surface area contributed by atoms with Gasteiger partial charge in [0.05, 0.1) is 24.1 Å². The average molecular weight is 559 g/mol. The van der Waals surface area contributed by atoms with Crippen molar-refractivity contribution in [3.63, 3.8) is 0 Å². The summed E-state index contributed by atoms with van der Waals surface area (Å²) in [6.45, 7) is 3.34. The highest BCUT2D eigenvalue weighted by Crippen LogP contribution is 2.52. The smallest absolute Gasteiger partial charge is 0.304 e. The van der Waals surface area contributed by atoms with Crippen molar-refractivity contribution < 1.29 is 27.5 Å². The summed E-state index contributed by atoms with van der Waals surface area (Å²) < 4.78 is 40.7. The summed E-state index contributed by atoms with van der Waals surface area (Å²) >= 11 is 12.3. The second-order valence-corrected chi connectivity index (χ2v) is 12.2. The molecule has 2 N–H and O–H groups in total. The van der Waals surface area contributed by atoms with E-state index < -0.39 is 57.6 Å². The molecule has 0 aliphatic carbocycles. The predicted octanol–water partition coefficient (Wildman–Crippen LogP) is 5.00. The van der Waals surface area contributed by atoms with Crippen molar-refractivity contribution in [1.29, 1.82) is 0 Å². The van der Waals surface area contributed by atoms with E-state index in [4.69, 9.17) is 23.2 Å². The van der Waals surface area contributed by atoms with Gasteiger partial charge in [-0.25, -0.2) is 17.5 Å². The van der Waals surface area contributed by atoms with E-state index in [1.165, 1.54) is 12.1 Å². The number of benzene rings is 2. The lowest BCUT2D eigenvalue weighted by Gasteiger charge is -2.51. The molecular weight excluding hydrogens is 530 g/mol. The average Bonchev–Trinajstić information content (AvgIpc) is 2.75. The number of carbonyl (C=O) groups excluding carboxylic acids is 1. The van der Waals surface area contributed by atoms with Gasteiger partial charge in [0.1, 0.15) is 5.82 Å². The third-order valence-corrected chi connectivity index (χ3v) is 7.78. The van der Waals surface area contributed by atoms with Crippen molar-refractivity contribution in [2.45, 2.75) is 51.1 Å². The molecule has 7 nitrogen and oxygen atoms in total. The van der Waals surface area contributed by atoms with Gasteiger partial charge in [0.25, 0.3) is 0 Å². The molecular formula is C25H29Cl2FN2O5S. The Morgan fingerprint density at radius 1 is 1.19 bits per heavy atom. The number of likely N-dealkylation sites (tertiary alicyclic amines) is 1. The summed E-state index contributed by atoms with van der Waals surface area (Å²) in [5.74, 6) is -2.64. The number of carbonyl (C=O) groups is 2. The number of rotatable bonds is 9. The van der Waals surface area contributed by atoms with Crippen LogP contribution in [-0.4, -0.2) is 49.1 Å². The number of amides is 1. The number of carboxylic acid groups (broad SMARTS) is 1. The van der Waals surface area contributed by atoms with Gasteiger partial charge < -0.3 is 10.0 Å². The van der Waals surface area contributed by atoms with Crippen molar-refractivity contribution in [1.82, 2.24) is 9.62 Å². The maximum Gasteiger partial charge on any atom is 0.304 e. The lowest BCUT2D eigenvalue weighted by Crippen LogP contribution is -2.58. The fraction of sp³-hybridized carbons (Fsp3) is 0.440. The van der Waals surface area contributed by atoms with E-state index in [0.717, 1.165) is 6.26 Å². The fourth-order valence-corrected chi connectivity index (χ4v) is 5.87. The fourth-order valence-electron chi connectivity index (χ4n) is 5.02. The maximum atomic E-state index is 14.5. The van der Waals surface area contributed by atoms with Crippen LogP contribution in [0.4, 0.5) is 4.39 Å². The summed E-state index contributed by atoms with van der Waals surface area (Å²) in [5, 5.41) is 10.3. The Kier molecular flexibility index (Phi) is 8.70. The molecule has 0 unspecified atom stereocenters. The summed E-state index contributed by atoms with van der Waals surface area (Å²) in [5.41, 5.74) is -0.107. The Balaban J connectivity index is 2.25. The van der Waals surface area contributed by atoms with Crippen LogP contribution in [0.25, 0.3) is 0 Å². The van der Waals surface area contributed by atoms with E-state index in [1.807, 2.05) is 6.92 Å². The number of piperidine rings is 1. The highest BCUT2D eigenvalue weighted by molar-refractivity contribution is 7.88. The Morgan fingerprint density at radius 3 is 2.36 bits per heavy atom. The molecule has 1 aliphatic rings. The first-order valence-corrected chi connectivity index (χ1v) is 14.1. The lowest BCUT2D eigenvalue weighted by atomic mass is 9.67. The summed E-state index contributed by atoms with van der Waals surface area (Å²) in [6.07, 6.45) is 1.10. The molecule has 0 aromatic heterocycles. The summed E-state index contributed by atoms with van der Waals surface area (Å²) in [6, 6.07) is 9.75. The van der Waals surface area contributed by atoms with Gasteiger partial charge in [-0.1, -0.05) is 49.2 Å². The van der Waals surface area contributed by atoms with Crippen LogP contribution in [0.2, 0.25) is 10.0 Å². The molecule has 196 valence electrons. The first kappa shape index (κ1) is 28.4. The minimum Gasteiger partial charge on any atom is -0.481 e. The van der Waals surface area contributed by atoms with Crippen LogP contribution < -0.4 is 4.72 Å². The predicted molar refractivity (Wildman–Crippen MR) is 137 cm³/mol. The molecule has 2 aromatic rings. The number of carboxylic acids is 1. The van der Waals surface area contributed by atoms with E-state index in [9.17, 15) is 27.5 Å². The van der Waals surface area contributed by atoms with Gasteiger partial charge in [0.15, 0.2) is 0 Å². The Hall–Kier alpha value is -2.20. The van der Waals surface area contributed by atoms with Crippen molar-refractivity contribution in [2.24, 2.45) is 5.41 Å². The van der Waals surface area contributed by atoms with Crippen LogP contribution in [0, 0.1) is 11.2 Å². The van der Waals surface area contributed by atoms with Gasteiger partial charge in [-0.2, -0.15) is 0 Å². The molecule has 3 rings (SSSR count). The van der Waals surface area contributed by atoms with Crippen molar-refractivity contribution >= 4 is 45.1 Å². The van der Waals surface area contributed by atoms with Gasteiger partial charge in [0.2, 0.25) is 15.9 Å². The molecule has 0 saturated carbocycles. The van der Waals surface area contributed by atoms with Crippen LogP contribution in [0.1, 0.15) is 56.2 Å². The zero-order valence-electron chi connectivity index (χ0n) is 20.2. The normalized spacial score (nSPS) is 23.5. The molecule has 1 fully saturated rings. The maximum absolute atomic E-state index is 14.5. The molecule has 1 heterocycles. The van der Waals surface area contributed by atoms with E-state index in [2.05, 4.69) is 4.72 Å². The summed E-state index contributed by atoms with van der Waals surface area (Å²) in [4.78, 5) is 27.4. The standard InChI is InChI=1S/C25H29Cl2FN2O5S/c1-4-20(14-29-36(3,34)35)30-23(15-5-7-17(26)8-6-15)21(16-9-18(27)11-19(28)10-16)12-25(2,24(30)33)13-22(31)32/h5-11,20-21,23,29H,4,12-14H2,1-3H3,(H,31,32)/t20-,21+,23+,25+/m0/s1. The second-order valence-electron chi connectivity index (χ2n) is 9.54. The number of nitrogens with one attached hydrogen (secondary N) is 1. The van der Waals surface area contributed by atoms with Gasteiger partial charge in [0, 0.05) is 28.5 Å². The number of nitrogens with zero attached hydrogens (tertiary/aromatic N) is 1. The first-order valence-electron chi connectivity index (χ1n) is 11.4. The highest BCUT2D eigenvalue weighted by Gasteiger charge is 2.52. The topological polar surface area (TPSA) is 104 Å². The molecule has 0 bridgehead atoms. The quantitative estimate of drug-likeness (QED) is 0.450. The monoisotopic (exact) mass is 558 g/mol. The molecule has 0 spiro atoms. The van der Waals surface area contributed by atoms with Crippen LogP contribution >= 0.6 is 23.2 Å². The Labute approximate surface area is 220 Å². The van der Waals surface area contributed by atoms with Crippen LogP contribution in [0.3, 0.4) is 0 Å². The van der Waals surface area contributed by atoms with E-state index in [-0.39, 0.29) is 18.0 Å². The Bertz CT molecular complexity index is 1220. The number of hydrogen-bond acceptors (Lipinski definition) is 4. The number of sulfonamides is 1. The van der Waals surface area contributed by atoms with Crippen LogP contribution in [-0.2, 0) is 19.6 Å². The van der Waals surface area contributed by atoms with E-state index >= 15 is 0 Å². The lowest BCUT2D eigenvalue weighted by molar-refractivity contribution is -0.160. The third-order valence-electron chi connectivity index (χ3n) is 6.61. The molecule has 36 heavy (non-hydrogen) atoms. The number of aliphatic carboxylic acids is 1. The molecule has 11 heteroatoms. The van der Waals surface area contributed by atoms with Crippen molar-refractivity contribution in [3.8, 4) is 0 Å². The zero-order valence-corrected chi connectivity index (χ0v) is 22.5.